The second kappa shape index (κ2) is 8.64. The quantitative estimate of drug-likeness (QED) is 0.432. The van der Waals surface area contributed by atoms with Gasteiger partial charge in [-0.1, -0.05) is 36.4 Å². The van der Waals surface area contributed by atoms with E-state index in [1.165, 1.54) is 0 Å². The van der Waals surface area contributed by atoms with Crippen molar-refractivity contribution in [2.75, 3.05) is 27.4 Å². The predicted octanol–water partition coefficient (Wildman–Crippen LogP) is 4.78. The van der Waals surface area contributed by atoms with Gasteiger partial charge in [-0.3, -0.25) is 4.79 Å². The summed E-state index contributed by atoms with van der Waals surface area (Å²) in [7, 11) is 3.29. The minimum atomic E-state index is -0.290. The van der Waals surface area contributed by atoms with Crippen molar-refractivity contribution in [2.45, 2.75) is 12.5 Å². The predicted molar refractivity (Wildman–Crippen MR) is 128 cm³/mol. The number of aromatic nitrogens is 1. The number of rotatable bonds is 7. The van der Waals surface area contributed by atoms with E-state index in [1.54, 1.807) is 14.2 Å². The molecule has 168 valence electrons. The van der Waals surface area contributed by atoms with Crippen molar-refractivity contribution < 1.29 is 19.4 Å². The molecule has 1 unspecified atom stereocenters. The summed E-state index contributed by atoms with van der Waals surface area (Å²) in [5.74, 6) is 1.41. The smallest absolute Gasteiger partial charge is 0.255 e. The molecule has 0 fully saturated rings. The number of aromatic amines is 1. The maximum Gasteiger partial charge on any atom is 0.255 e. The van der Waals surface area contributed by atoms with Gasteiger partial charge < -0.3 is 24.5 Å². The Bertz CT molecular complexity index is 1330. The number of amides is 1. The van der Waals surface area contributed by atoms with Gasteiger partial charge in [0.1, 0.15) is 11.5 Å². The van der Waals surface area contributed by atoms with Crippen LogP contribution in [0.1, 0.15) is 33.9 Å². The van der Waals surface area contributed by atoms with Crippen molar-refractivity contribution in [2.24, 2.45) is 0 Å². The number of ether oxygens (including phenoxy) is 2. The monoisotopic (exact) mass is 442 g/mol. The lowest BCUT2D eigenvalue weighted by molar-refractivity contribution is 0.0739. The van der Waals surface area contributed by atoms with E-state index in [-0.39, 0.29) is 18.6 Å². The summed E-state index contributed by atoms with van der Waals surface area (Å²) in [6.45, 7) is 0.486. The van der Waals surface area contributed by atoms with Crippen LogP contribution in [0, 0.1) is 0 Å². The van der Waals surface area contributed by atoms with Crippen LogP contribution in [0.5, 0.6) is 11.5 Å². The first-order valence-electron chi connectivity index (χ1n) is 11.0. The Labute approximate surface area is 192 Å². The van der Waals surface area contributed by atoms with Gasteiger partial charge in [0.25, 0.3) is 5.91 Å². The molecule has 1 atom stereocenters. The van der Waals surface area contributed by atoms with Gasteiger partial charge >= 0.3 is 0 Å². The van der Waals surface area contributed by atoms with E-state index in [1.807, 2.05) is 65.6 Å². The number of aliphatic hydroxyl groups is 1. The summed E-state index contributed by atoms with van der Waals surface area (Å²) >= 11 is 0. The van der Waals surface area contributed by atoms with E-state index in [9.17, 15) is 9.90 Å². The molecule has 1 aliphatic rings. The molecule has 2 N–H and O–H groups in total. The second-order valence-corrected chi connectivity index (χ2v) is 8.09. The number of H-pyrrole nitrogens is 1. The van der Waals surface area contributed by atoms with Crippen molar-refractivity contribution in [1.82, 2.24) is 9.88 Å². The molecule has 5 rings (SSSR count). The van der Waals surface area contributed by atoms with E-state index in [4.69, 9.17) is 9.47 Å². The molecule has 6 nitrogen and oxygen atoms in total. The van der Waals surface area contributed by atoms with Crippen molar-refractivity contribution in [3.63, 3.8) is 0 Å². The SMILES string of the molecule is COc1ccc(OC)c(-c2[nH]c3ccccc3c2C2c3ccccc3C(=O)N2CCCO)c1. The number of carbonyl (C=O) groups is 1. The number of para-hydroxylation sites is 1. The molecule has 0 aliphatic carbocycles. The van der Waals surface area contributed by atoms with Gasteiger partial charge in [-0.2, -0.15) is 0 Å². The standard InChI is InChI=1S/C27H26N2O4/c1-32-17-12-13-23(33-2)21(16-17)25-24(20-10-5-6-11-22(20)28-25)26-18-8-3-4-9-19(18)27(31)29(26)14-7-15-30/h3-6,8-13,16,26,28,30H,7,14-15H2,1-2H3. The fourth-order valence-electron chi connectivity index (χ4n) is 4.82. The highest BCUT2D eigenvalue weighted by Gasteiger charge is 2.40. The minimum absolute atomic E-state index is 0.0158. The van der Waals surface area contributed by atoms with Crippen LogP contribution in [0.2, 0.25) is 0 Å². The summed E-state index contributed by atoms with van der Waals surface area (Å²) in [4.78, 5) is 18.9. The van der Waals surface area contributed by atoms with Crippen LogP contribution < -0.4 is 9.47 Å². The summed E-state index contributed by atoms with van der Waals surface area (Å²) in [6.07, 6.45) is 0.510. The van der Waals surface area contributed by atoms with E-state index < -0.39 is 0 Å². The first-order chi connectivity index (χ1) is 16.2. The number of hydrogen-bond acceptors (Lipinski definition) is 4. The number of fused-ring (bicyclic) bond motifs is 2. The largest absolute Gasteiger partial charge is 0.497 e. The maximum atomic E-state index is 13.4. The molecule has 0 saturated carbocycles. The van der Waals surface area contributed by atoms with Crippen molar-refractivity contribution >= 4 is 16.8 Å². The molecule has 6 heteroatoms. The van der Waals surface area contributed by atoms with Gasteiger partial charge in [0.05, 0.1) is 26.0 Å². The highest BCUT2D eigenvalue weighted by atomic mass is 16.5. The molecule has 0 spiro atoms. The zero-order valence-electron chi connectivity index (χ0n) is 18.7. The van der Waals surface area contributed by atoms with E-state index >= 15 is 0 Å². The van der Waals surface area contributed by atoms with Crippen molar-refractivity contribution in [1.29, 1.82) is 0 Å². The molecule has 1 amide bonds. The zero-order chi connectivity index (χ0) is 22.9. The molecule has 4 aromatic rings. The summed E-state index contributed by atoms with van der Waals surface area (Å²) in [6, 6.07) is 21.3. The average molecular weight is 443 g/mol. The van der Waals surface area contributed by atoms with Crippen LogP contribution in [0.25, 0.3) is 22.2 Å². The minimum Gasteiger partial charge on any atom is -0.497 e. The summed E-state index contributed by atoms with van der Waals surface area (Å²) in [5.41, 5.74) is 5.40. The number of nitrogens with one attached hydrogen (secondary N) is 1. The number of benzene rings is 3. The van der Waals surface area contributed by atoms with Crippen LogP contribution in [0.3, 0.4) is 0 Å². The summed E-state index contributed by atoms with van der Waals surface area (Å²) < 4.78 is 11.2. The van der Waals surface area contributed by atoms with E-state index in [0.29, 0.717) is 24.3 Å². The van der Waals surface area contributed by atoms with Crippen molar-refractivity contribution in [3.05, 3.63) is 83.4 Å². The number of methoxy groups -OCH3 is 2. The first kappa shape index (κ1) is 21.1. The molecule has 1 aliphatic heterocycles. The first-order valence-corrected chi connectivity index (χ1v) is 11.0. The summed E-state index contributed by atoms with van der Waals surface area (Å²) in [5, 5.41) is 10.5. The Morgan fingerprint density at radius 1 is 0.970 bits per heavy atom. The molecular formula is C27H26N2O4. The average Bonchev–Trinajstić information content (AvgIpc) is 3.37. The number of aliphatic hydroxyl groups excluding tert-OH is 1. The number of hydrogen-bond donors (Lipinski definition) is 2. The fourth-order valence-corrected chi connectivity index (χ4v) is 4.82. The van der Waals surface area contributed by atoms with Gasteiger partial charge in [0.2, 0.25) is 0 Å². The Hall–Kier alpha value is -3.77. The van der Waals surface area contributed by atoms with Crippen molar-refractivity contribution in [3.8, 4) is 22.8 Å². The molecule has 0 bridgehead atoms. The van der Waals surface area contributed by atoms with Crippen LogP contribution in [0.15, 0.2) is 66.7 Å². The lowest BCUT2D eigenvalue weighted by Gasteiger charge is -2.27. The normalized spacial score (nSPS) is 15.2. The number of nitrogens with zero attached hydrogens (tertiary/aromatic N) is 1. The molecule has 0 radical (unpaired) electrons. The molecular weight excluding hydrogens is 416 g/mol. The van der Waals surface area contributed by atoms with Gasteiger partial charge in [-0.05, 0) is 42.3 Å². The third-order valence-corrected chi connectivity index (χ3v) is 6.31. The Balaban J connectivity index is 1.81. The highest BCUT2D eigenvalue weighted by Crippen LogP contribution is 2.47. The lowest BCUT2D eigenvalue weighted by atomic mass is 9.92. The Kier molecular flexibility index (Phi) is 5.52. The third-order valence-electron chi connectivity index (χ3n) is 6.31. The maximum absolute atomic E-state index is 13.4. The topological polar surface area (TPSA) is 74.8 Å². The van der Waals surface area contributed by atoms with E-state index in [2.05, 4.69) is 11.1 Å². The Morgan fingerprint density at radius 2 is 1.76 bits per heavy atom. The molecule has 2 heterocycles. The van der Waals surface area contributed by atoms with Gasteiger partial charge in [0, 0.05) is 40.7 Å². The molecule has 33 heavy (non-hydrogen) atoms. The number of carbonyl (C=O) groups excluding carboxylic acids is 1. The lowest BCUT2D eigenvalue weighted by Crippen LogP contribution is -2.30. The highest BCUT2D eigenvalue weighted by molar-refractivity contribution is 6.02. The fraction of sp³-hybridized carbons (Fsp3) is 0.222. The third kappa shape index (κ3) is 3.43. The van der Waals surface area contributed by atoms with Gasteiger partial charge in [-0.15, -0.1) is 0 Å². The van der Waals surface area contributed by atoms with Crippen LogP contribution >= 0.6 is 0 Å². The molecule has 3 aromatic carbocycles. The van der Waals surface area contributed by atoms with Crippen LogP contribution in [-0.4, -0.2) is 48.3 Å². The Morgan fingerprint density at radius 3 is 2.55 bits per heavy atom. The zero-order valence-corrected chi connectivity index (χ0v) is 18.7. The second-order valence-electron chi connectivity index (χ2n) is 8.09. The molecule has 0 saturated heterocycles. The van der Waals surface area contributed by atoms with Gasteiger partial charge in [-0.25, -0.2) is 0 Å². The van der Waals surface area contributed by atoms with Gasteiger partial charge in [0.15, 0.2) is 0 Å². The van der Waals surface area contributed by atoms with Crippen LogP contribution in [-0.2, 0) is 0 Å². The van der Waals surface area contributed by atoms with Crippen LogP contribution in [0.4, 0.5) is 0 Å². The molecule has 1 aromatic heterocycles. The van der Waals surface area contributed by atoms with E-state index in [0.717, 1.165) is 39.0 Å².